The second-order valence-corrected chi connectivity index (χ2v) is 7.96. The smallest absolute Gasteiger partial charge is 0.323 e. The van der Waals surface area contributed by atoms with Crippen molar-refractivity contribution >= 4 is 21.9 Å². The maximum Gasteiger partial charge on any atom is 0.323 e. The number of carbonyl (C=O) groups excluding carboxylic acids is 1. The van der Waals surface area contributed by atoms with Crippen LogP contribution in [0.15, 0.2) is 29.4 Å². The molecule has 1 aliphatic rings. The molecule has 1 aromatic rings. The van der Waals surface area contributed by atoms with Crippen molar-refractivity contribution in [3.63, 3.8) is 0 Å². The number of carboxylic acid groups (broad SMARTS) is 1. The summed E-state index contributed by atoms with van der Waals surface area (Å²) in [5, 5.41) is 8.95. The number of aromatic nitrogens is 1. The quantitative estimate of drug-likeness (QED) is 0.762. The highest BCUT2D eigenvalue weighted by molar-refractivity contribution is 7.89. The van der Waals surface area contributed by atoms with E-state index >= 15 is 0 Å². The van der Waals surface area contributed by atoms with Crippen LogP contribution in [0.3, 0.4) is 0 Å². The van der Waals surface area contributed by atoms with E-state index in [2.05, 4.69) is 4.98 Å². The zero-order chi connectivity index (χ0) is 18.4. The molecule has 0 radical (unpaired) electrons. The lowest BCUT2D eigenvalue weighted by atomic mass is 9.96. The Balaban J connectivity index is 2.01. The van der Waals surface area contributed by atoms with Crippen LogP contribution in [-0.4, -0.2) is 65.8 Å². The normalized spacial score (nSPS) is 16.5. The van der Waals surface area contributed by atoms with Gasteiger partial charge in [-0.1, -0.05) is 6.92 Å². The lowest BCUT2D eigenvalue weighted by molar-refractivity contribution is -0.146. The van der Waals surface area contributed by atoms with Gasteiger partial charge in [0.05, 0.1) is 0 Å². The number of rotatable bonds is 7. The molecular formula is C16H23N3O5S. The van der Waals surface area contributed by atoms with Gasteiger partial charge in [-0.05, 0) is 31.4 Å². The van der Waals surface area contributed by atoms with E-state index in [-0.39, 0.29) is 36.4 Å². The van der Waals surface area contributed by atoms with Gasteiger partial charge >= 0.3 is 5.97 Å². The van der Waals surface area contributed by atoms with Crippen molar-refractivity contribution in [3.05, 3.63) is 24.5 Å². The Labute approximate surface area is 147 Å². The Bertz CT molecular complexity index is 700. The minimum atomic E-state index is -3.61. The van der Waals surface area contributed by atoms with E-state index in [0.29, 0.717) is 25.8 Å². The van der Waals surface area contributed by atoms with Crippen LogP contribution >= 0.6 is 0 Å². The second kappa shape index (κ2) is 8.39. The number of piperidine rings is 1. The Kier molecular flexibility index (Phi) is 6.49. The molecule has 0 atom stereocenters. The van der Waals surface area contributed by atoms with Gasteiger partial charge in [0.2, 0.25) is 15.9 Å². The fourth-order valence-electron chi connectivity index (χ4n) is 2.95. The van der Waals surface area contributed by atoms with Gasteiger partial charge in [-0.3, -0.25) is 14.6 Å². The van der Waals surface area contributed by atoms with Crippen LogP contribution in [0.4, 0.5) is 0 Å². The Morgan fingerprint density at radius 2 is 2.04 bits per heavy atom. The number of aliphatic carboxylic acids is 1. The van der Waals surface area contributed by atoms with Crippen LogP contribution in [-0.2, 0) is 19.6 Å². The molecule has 0 bridgehead atoms. The van der Waals surface area contributed by atoms with Crippen LogP contribution in [0.25, 0.3) is 0 Å². The maximum atomic E-state index is 12.6. The third kappa shape index (κ3) is 4.76. The van der Waals surface area contributed by atoms with Gasteiger partial charge in [-0.15, -0.1) is 0 Å². The molecule has 1 fully saturated rings. The van der Waals surface area contributed by atoms with Crippen molar-refractivity contribution in [1.82, 2.24) is 14.2 Å². The maximum absolute atomic E-state index is 12.6. The van der Waals surface area contributed by atoms with E-state index in [9.17, 15) is 18.0 Å². The van der Waals surface area contributed by atoms with Crippen LogP contribution in [0, 0.1) is 5.92 Å². The molecule has 1 saturated heterocycles. The van der Waals surface area contributed by atoms with E-state index in [1.165, 1.54) is 27.7 Å². The van der Waals surface area contributed by atoms with Crippen molar-refractivity contribution in [3.8, 4) is 0 Å². The first-order chi connectivity index (χ1) is 11.9. The van der Waals surface area contributed by atoms with E-state index in [0.717, 1.165) is 0 Å². The molecule has 0 aliphatic carbocycles. The van der Waals surface area contributed by atoms with E-state index < -0.39 is 16.0 Å². The number of pyridine rings is 1. The van der Waals surface area contributed by atoms with Gasteiger partial charge in [0.1, 0.15) is 11.4 Å². The molecule has 138 valence electrons. The van der Waals surface area contributed by atoms with Crippen LogP contribution < -0.4 is 0 Å². The lowest BCUT2D eigenvalue weighted by Gasteiger charge is -2.33. The molecule has 2 rings (SSSR count). The highest BCUT2D eigenvalue weighted by Gasteiger charge is 2.34. The molecule has 0 aromatic carbocycles. The summed E-state index contributed by atoms with van der Waals surface area (Å²) in [4.78, 5) is 28.8. The monoisotopic (exact) mass is 369 g/mol. The van der Waals surface area contributed by atoms with Crippen molar-refractivity contribution in [2.45, 2.75) is 31.1 Å². The molecule has 1 N–H and O–H groups in total. The fourth-order valence-corrected chi connectivity index (χ4v) is 4.38. The van der Waals surface area contributed by atoms with Crippen LogP contribution in [0.1, 0.15) is 26.2 Å². The molecule has 1 aliphatic heterocycles. The van der Waals surface area contributed by atoms with E-state index in [4.69, 9.17) is 5.11 Å². The lowest BCUT2D eigenvalue weighted by Crippen LogP contribution is -2.45. The summed E-state index contributed by atoms with van der Waals surface area (Å²) >= 11 is 0. The molecule has 8 nitrogen and oxygen atoms in total. The van der Waals surface area contributed by atoms with Gasteiger partial charge in [-0.2, -0.15) is 4.31 Å². The first kappa shape index (κ1) is 19.3. The fraction of sp³-hybridized carbons (Fsp3) is 0.562. The number of sulfonamides is 1. The number of carboxylic acids is 1. The van der Waals surface area contributed by atoms with E-state index in [1.807, 2.05) is 6.92 Å². The molecule has 25 heavy (non-hydrogen) atoms. The van der Waals surface area contributed by atoms with Crippen LogP contribution in [0.5, 0.6) is 0 Å². The zero-order valence-corrected chi connectivity index (χ0v) is 15.0. The van der Waals surface area contributed by atoms with Crippen LogP contribution in [0.2, 0.25) is 0 Å². The molecule has 1 aromatic heterocycles. The molecule has 0 saturated carbocycles. The van der Waals surface area contributed by atoms with Gasteiger partial charge < -0.3 is 10.0 Å². The molecule has 0 unspecified atom stereocenters. The van der Waals surface area contributed by atoms with Gasteiger partial charge in [0, 0.05) is 37.9 Å². The number of amides is 1. The predicted octanol–water partition coefficient (Wildman–Crippen LogP) is 0.806. The number of nitrogens with zero attached hydrogens (tertiary/aromatic N) is 3. The molecule has 0 spiro atoms. The Hall–Kier alpha value is -2.00. The van der Waals surface area contributed by atoms with Gasteiger partial charge in [0.25, 0.3) is 0 Å². The van der Waals surface area contributed by atoms with E-state index in [1.54, 1.807) is 6.07 Å². The zero-order valence-electron chi connectivity index (χ0n) is 14.2. The first-order valence-electron chi connectivity index (χ1n) is 8.27. The minimum absolute atomic E-state index is 0.137. The van der Waals surface area contributed by atoms with Gasteiger partial charge in [-0.25, -0.2) is 8.42 Å². The number of hydrogen-bond donors (Lipinski definition) is 1. The van der Waals surface area contributed by atoms with Crippen molar-refractivity contribution in [2.24, 2.45) is 5.92 Å². The minimum Gasteiger partial charge on any atom is -0.480 e. The highest BCUT2D eigenvalue weighted by atomic mass is 32.2. The first-order valence-corrected chi connectivity index (χ1v) is 9.71. The highest BCUT2D eigenvalue weighted by Crippen LogP contribution is 2.24. The molecular weight excluding hydrogens is 346 g/mol. The summed E-state index contributed by atoms with van der Waals surface area (Å²) in [6, 6.07) is 3.06. The molecule has 1 amide bonds. The molecule has 9 heteroatoms. The van der Waals surface area contributed by atoms with Crippen molar-refractivity contribution in [1.29, 1.82) is 0 Å². The summed E-state index contributed by atoms with van der Waals surface area (Å²) < 4.78 is 26.5. The summed E-state index contributed by atoms with van der Waals surface area (Å²) in [6.07, 6.45) is 4.26. The average Bonchev–Trinajstić information content (AvgIpc) is 2.61. The summed E-state index contributed by atoms with van der Waals surface area (Å²) in [5.41, 5.74) is 0. The molecule has 2 heterocycles. The van der Waals surface area contributed by atoms with Crippen molar-refractivity contribution in [2.75, 3.05) is 26.2 Å². The summed E-state index contributed by atoms with van der Waals surface area (Å²) in [5.74, 6) is -1.59. The standard InChI is InChI=1S/C16H23N3O5S/c1-2-8-18(12-15(20)21)16(22)13-5-9-19(10-6-13)25(23,24)14-4-3-7-17-11-14/h3-4,7,11,13H,2,5-6,8-10,12H2,1H3,(H,20,21). The van der Waals surface area contributed by atoms with Crippen molar-refractivity contribution < 1.29 is 23.1 Å². The largest absolute Gasteiger partial charge is 0.480 e. The SMILES string of the molecule is CCCN(CC(=O)O)C(=O)C1CCN(S(=O)(=O)c2cccnc2)CC1. The second-order valence-electron chi connectivity index (χ2n) is 6.02. The summed E-state index contributed by atoms with van der Waals surface area (Å²) in [6.45, 7) is 2.42. The predicted molar refractivity (Wildman–Crippen MR) is 90.2 cm³/mol. The summed E-state index contributed by atoms with van der Waals surface area (Å²) in [7, 11) is -3.61. The third-order valence-electron chi connectivity index (χ3n) is 4.21. The number of hydrogen-bond acceptors (Lipinski definition) is 5. The average molecular weight is 369 g/mol. The topological polar surface area (TPSA) is 108 Å². The third-order valence-corrected chi connectivity index (χ3v) is 6.09. The van der Waals surface area contributed by atoms with Gasteiger partial charge in [0.15, 0.2) is 0 Å². The Morgan fingerprint density at radius 1 is 1.36 bits per heavy atom. The Morgan fingerprint density at radius 3 is 2.56 bits per heavy atom. The number of carbonyl (C=O) groups is 2.